The molecule has 1 aromatic heterocycles. The Bertz CT molecular complexity index is 828. The quantitative estimate of drug-likeness (QED) is 0.828. The molecule has 1 N–H and O–H groups in total. The molecule has 0 saturated heterocycles. The molecule has 1 aromatic carbocycles. The molecule has 2 aromatic rings. The van der Waals surface area contributed by atoms with Crippen LogP contribution in [0.5, 0.6) is 0 Å². The Kier molecular flexibility index (Phi) is 5.97. The lowest BCUT2D eigenvalue weighted by molar-refractivity contribution is -0.123. The van der Waals surface area contributed by atoms with Crippen LogP contribution in [0.4, 0.5) is 0 Å². The number of benzene rings is 1. The van der Waals surface area contributed by atoms with Gasteiger partial charge in [0.15, 0.2) is 6.61 Å². The maximum absolute atomic E-state index is 12.1. The zero-order valence-electron chi connectivity index (χ0n) is 15.6. The van der Waals surface area contributed by atoms with Gasteiger partial charge >= 0.3 is 5.97 Å². The number of hydrogen-bond donors (Lipinski definition) is 1. The number of nitrogens with one attached hydrogen (secondary N) is 1. The van der Waals surface area contributed by atoms with Crippen molar-refractivity contribution in [2.24, 2.45) is 0 Å². The summed E-state index contributed by atoms with van der Waals surface area (Å²) in [7, 11) is 0. The summed E-state index contributed by atoms with van der Waals surface area (Å²) in [5.41, 5.74) is 1.90. The Hall–Kier alpha value is -2.47. The molecule has 0 atom stereocenters. The van der Waals surface area contributed by atoms with Gasteiger partial charge in [-0.05, 0) is 43.0 Å². The number of thiophene rings is 1. The highest BCUT2D eigenvalue weighted by Gasteiger charge is 2.18. The SMILES string of the molecule is Cc1cc(C(=O)OCC(=O)NC(=O)c2ccc(C(C)(C)C)cc2)c(C)s1. The predicted molar refractivity (Wildman–Crippen MR) is 102 cm³/mol. The summed E-state index contributed by atoms with van der Waals surface area (Å²) >= 11 is 1.49. The van der Waals surface area contributed by atoms with Gasteiger partial charge in [-0.2, -0.15) is 0 Å². The van der Waals surface area contributed by atoms with E-state index in [1.807, 2.05) is 26.0 Å². The molecule has 0 bridgehead atoms. The summed E-state index contributed by atoms with van der Waals surface area (Å²) in [5.74, 6) is -1.74. The van der Waals surface area contributed by atoms with E-state index in [-0.39, 0.29) is 5.41 Å². The van der Waals surface area contributed by atoms with Gasteiger partial charge < -0.3 is 4.74 Å². The Morgan fingerprint density at radius 1 is 1.08 bits per heavy atom. The number of carbonyl (C=O) groups excluding carboxylic acids is 3. The fourth-order valence-electron chi connectivity index (χ4n) is 2.40. The first-order valence-electron chi connectivity index (χ1n) is 8.27. The van der Waals surface area contributed by atoms with E-state index in [1.54, 1.807) is 18.2 Å². The average molecular weight is 373 g/mol. The van der Waals surface area contributed by atoms with Crippen LogP contribution in [-0.2, 0) is 14.9 Å². The van der Waals surface area contributed by atoms with Crippen molar-refractivity contribution >= 4 is 29.1 Å². The highest BCUT2D eigenvalue weighted by Crippen LogP contribution is 2.22. The first-order valence-corrected chi connectivity index (χ1v) is 9.08. The largest absolute Gasteiger partial charge is 0.452 e. The van der Waals surface area contributed by atoms with Crippen LogP contribution < -0.4 is 5.32 Å². The third-order valence-corrected chi connectivity index (χ3v) is 4.83. The first-order chi connectivity index (χ1) is 12.1. The van der Waals surface area contributed by atoms with E-state index in [4.69, 9.17) is 4.74 Å². The van der Waals surface area contributed by atoms with Gasteiger partial charge in [-0.25, -0.2) is 4.79 Å². The van der Waals surface area contributed by atoms with E-state index in [1.165, 1.54) is 11.3 Å². The molecule has 2 rings (SSSR count). The van der Waals surface area contributed by atoms with Crippen molar-refractivity contribution in [3.8, 4) is 0 Å². The monoisotopic (exact) mass is 373 g/mol. The summed E-state index contributed by atoms with van der Waals surface area (Å²) < 4.78 is 4.99. The number of ether oxygens (including phenoxy) is 1. The number of rotatable bonds is 4. The van der Waals surface area contributed by atoms with Crippen molar-refractivity contribution in [2.75, 3.05) is 6.61 Å². The molecule has 26 heavy (non-hydrogen) atoms. The van der Waals surface area contributed by atoms with Gasteiger partial charge in [0.25, 0.3) is 11.8 Å². The second-order valence-electron chi connectivity index (χ2n) is 7.11. The van der Waals surface area contributed by atoms with Crippen LogP contribution in [0.25, 0.3) is 0 Å². The minimum atomic E-state index is -0.659. The zero-order valence-corrected chi connectivity index (χ0v) is 16.5. The normalized spacial score (nSPS) is 11.1. The Morgan fingerprint density at radius 2 is 1.69 bits per heavy atom. The fraction of sp³-hybridized carbons (Fsp3) is 0.350. The van der Waals surface area contributed by atoms with Gasteiger partial charge in [0.2, 0.25) is 0 Å². The minimum absolute atomic E-state index is 0.0167. The molecule has 6 heteroatoms. The van der Waals surface area contributed by atoms with Crippen LogP contribution in [0.1, 0.15) is 56.8 Å². The summed E-state index contributed by atoms with van der Waals surface area (Å²) in [5, 5.41) is 2.23. The number of imide groups is 1. The molecule has 0 aliphatic heterocycles. The number of amides is 2. The van der Waals surface area contributed by atoms with Crippen LogP contribution in [0.3, 0.4) is 0 Å². The second kappa shape index (κ2) is 7.83. The Morgan fingerprint density at radius 3 is 2.19 bits per heavy atom. The lowest BCUT2D eigenvalue weighted by Gasteiger charge is -2.18. The number of aryl methyl sites for hydroxylation is 2. The molecule has 2 amide bonds. The van der Waals surface area contributed by atoms with Crippen molar-refractivity contribution in [1.82, 2.24) is 5.32 Å². The third kappa shape index (κ3) is 5.02. The van der Waals surface area contributed by atoms with E-state index in [2.05, 4.69) is 26.1 Å². The van der Waals surface area contributed by atoms with Crippen molar-refractivity contribution in [3.05, 3.63) is 56.8 Å². The number of carbonyl (C=O) groups is 3. The molecule has 0 saturated carbocycles. The average Bonchev–Trinajstić information content (AvgIpc) is 2.90. The maximum Gasteiger partial charge on any atom is 0.339 e. The molecular weight excluding hydrogens is 350 g/mol. The van der Waals surface area contributed by atoms with Gasteiger partial charge in [0.05, 0.1) is 5.56 Å². The predicted octanol–water partition coefficient (Wildman–Crippen LogP) is 3.78. The first kappa shape index (κ1) is 19.8. The lowest BCUT2D eigenvalue weighted by atomic mass is 9.87. The van der Waals surface area contributed by atoms with Crippen molar-refractivity contribution in [2.45, 2.75) is 40.0 Å². The fourth-order valence-corrected chi connectivity index (χ4v) is 3.31. The highest BCUT2D eigenvalue weighted by atomic mass is 32.1. The molecule has 0 spiro atoms. The van der Waals surface area contributed by atoms with Gasteiger partial charge in [-0.3, -0.25) is 14.9 Å². The Labute approximate surface area is 157 Å². The topological polar surface area (TPSA) is 72.5 Å². The van der Waals surface area contributed by atoms with E-state index in [9.17, 15) is 14.4 Å². The number of esters is 1. The second-order valence-corrected chi connectivity index (χ2v) is 8.57. The molecule has 1 heterocycles. The maximum atomic E-state index is 12.1. The smallest absolute Gasteiger partial charge is 0.339 e. The van der Waals surface area contributed by atoms with E-state index in [0.29, 0.717) is 11.1 Å². The van der Waals surface area contributed by atoms with Crippen molar-refractivity contribution in [1.29, 1.82) is 0 Å². The third-order valence-electron chi connectivity index (χ3n) is 3.86. The summed E-state index contributed by atoms with van der Waals surface area (Å²) in [4.78, 5) is 37.8. The molecule has 5 nitrogen and oxygen atoms in total. The van der Waals surface area contributed by atoms with Crippen LogP contribution >= 0.6 is 11.3 Å². The van der Waals surface area contributed by atoms with E-state index < -0.39 is 24.4 Å². The van der Waals surface area contributed by atoms with Crippen LogP contribution in [0.2, 0.25) is 0 Å². The van der Waals surface area contributed by atoms with Gasteiger partial charge in [-0.1, -0.05) is 32.9 Å². The molecule has 0 unspecified atom stereocenters. The van der Waals surface area contributed by atoms with Crippen molar-refractivity contribution < 1.29 is 19.1 Å². The van der Waals surface area contributed by atoms with Crippen LogP contribution in [-0.4, -0.2) is 24.4 Å². The van der Waals surface area contributed by atoms with E-state index >= 15 is 0 Å². The summed E-state index contributed by atoms with van der Waals surface area (Å²) in [6, 6.07) is 8.80. The molecule has 138 valence electrons. The highest BCUT2D eigenvalue weighted by molar-refractivity contribution is 7.12. The van der Waals surface area contributed by atoms with Crippen molar-refractivity contribution in [3.63, 3.8) is 0 Å². The Balaban J connectivity index is 1.90. The zero-order chi connectivity index (χ0) is 19.5. The molecule has 0 fully saturated rings. The minimum Gasteiger partial charge on any atom is -0.452 e. The molecular formula is C20H23NO4S. The molecule has 0 radical (unpaired) electrons. The van der Waals surface area contributed by atoms with E-state index in [0.717, 1.165) is 15.3 Å². The molecule has 0 aliphatic carbocycles. The van der Waals surface area contributed by atoms with Crippen LogP contribution in [0, 0.1) is 13.8 Å². The standard InChI is InChI=1S/C20H23NO4S/c1-12-10-16(13(2)26-12)19(24)25-11-17(22)21-18(23)14-6-8-15(9-7-14)20(3,4)5/h6-10H,11H2,1-5H3,(H,21,22,23). The van der Waals surface area contributed by atoms with Crippen LogP contribution in [0.15, 0.2) is 30.3 Å². The summed E-state index contributed by atoms with van der Waals surface area (Å²) in [6.45, 7) is 9.45. The van der Waals surface area contributed by atoms with Gasteiger partial charge in [-0.15, -0.1) is 11.3 Å². The summed E-state index contributed by atoms with van der Waals surface area (Å²) in [6.07, 6.45) is 0. The number of hydrogen-bond acceptors (Lipinski definition) is 5. The molecule has 0 aliphatic rings. The van der Waals surface area contributed by atoms with Gasteiger partial charge in [0.1, 0.15) is 0 Å². The van der Waals surface area contributed by atoms with Gasteiger partial charge in [0, 0.05) is 15.3 Å². The lowest BCUT2D eigenvalue weighted by Crippen LogP contribution is -2.34.